The van der Waals surface area contributed by atoms with Crippen molar-refractivity contribution < 1.29 is 24.2 Å². The van der Waals surface area contributed by atoms with Crippen molar-refractivity contribution in [2.45, 2.75) is 19.9 Å². The Morgan fingerprint density at radius 2 is 1.76 bits per heavy atom. The van der Waals surface area contributed by atoms with Crippen LogP contribution in [0.2, 0.25) is 0 Å². The van der Waals surface area contributed by atoms with E-state index in [1.165, 1.54) is 12.1 Å². The molecule has 0 unspecified atom stereocenters. The summed E-state index contributed by atoms with van der Waals surface area (Å²) >= 11 is 0. The highest BCUT2D eigenvalue weighted by atomic mass is 16.5. The minimum atomic E-state index is -1.05. The molecular weight excluding hydrogens is 322 g/mol. The second kappa shape index (κ2) is 7.25. The lowest BCUT2D eigenvalue weighted by Crippen LogP contribution is -2.23. The van der Waals surface area contributed by atoms with Crippen LogP contribution in [0.25, 0.3) is 0 Å². The second-order valence-corrected chi connectivity index (χ2v) is 5.91. The topological polar surface area (TPSA) is 84.9 Å². The standard InChI is InChI=1S/C19H19NO5/c1-12-7-14(10-15(8-12)19(22)23)18(21)20-11-13-3-4-16-17(9-13)25-6-2-5-24-16/h3-4,7-10H,2,5-6,11H2,1H3,(H,20,21)(H,22,23). The highest BCUT2D eigenvalue weighted by Gasteiger charge is 2.13. The number of hydrogen-bond acceptors (Lipinski definition) is 4. The number of carboxylic acids is 1. The summed E-state index contributed by atoms with van der Waals surface area (Å²) in [6, 6.07) is 10.1. The number of nitrogens with one attached hydrogen (secondary N) is 1. The molecule has 0 bridgehead atoms. The number of fused-ring (bicyclic) bond motifs is 1. The number of ether oxygens (including phenoxy) is 2. The molecule has 2 aromatic carbocycles. The largest absolute Gasteiger partial charge is 0.490 e. The van der Waals surface area contributed by atoms with Gasteiger partial charge < -0.3 is 19.9 Å². The fourth-order valence-corrected chi connectivity index (χ4v) is 2.64. The van der Waals surface area contributed by atoms with Crippen molar-refractivity contribution in [3.63, 3.8) is 0 Å². The molecule has 6 heteroatoms. The van der Waals surface area contributed by atoms with Crippen molar-refractivity contribution in [1.29, 1.82) is 0 Å². The van der Waals surface area contributed by atoms with E-state index in [1.807, 2.05) is 18.2 Å². The van der Waals surface area contributed by atoms with Crippen LogP contribution < -0.4 is 14.8 Å². The predicted molar refractivity (Wildman–Crippen MR) is 91.4 cm³/mol. The first-order chi connectivity index (χ1) is 12.0. The average Bonchev–Trinajstić information content (AvgIpc) is 2.83. The van der Waals surface area contributed by atoms with Crippen LogP contribution in [0.15, 0.2) is 36.4 Å². The Bertz CT molecular complexity index is 815. The van der Waals surface area contributed by atoms with E-state index in [4.69, 9.17) is 14.6 Å². The van der Waals surface area contributed by atoms with Crippen LogP contribution in [0.4, 0.5) is 0 Å². The number of benzene rings is 2. The molecule has 6 nitrogen and oxygen atoms in total. The summed E-state index contributed by atoms with van der Waals surface area (Å²) < 4.78 is 11.2. The molecule has 130 valence electrons. The molecule has 0 aromatic heterocycles. The van der Waals surface area contributed by atoms with E-state index in [2.05, 4.69) is 5.32 Å². The molecule has 2 N–H and O–H groups in total. The van der Waals surface area contributed by atoms with E-state index in [0.717, 1.165) is 17.5 Å². The van der Waals surface area contributed by atoms with E-state index in [1.54, 1.807) is 13.0 Å². The third-order valence-electron chi connectivity index (χ3n) is 3.85. The van der Waals surface area contributed by atoms with E-state index < -0.39 is 5.97 Å². The van der Waals surface area contributed by atoms with Gasteiger partial charge in [-0.25, -0.2) is 4.79 Å². The molecule has 0 saturated carbocycles. The molecule has 0 radical (unpaired) electrons. The molecule has 2 aromatic rings. The monoisotopic (exact) mass is 341 g/mol. The smallest absolute Gasteiger partial charge is 0.335 e. The summed E-state index contributed by atoms with van der Waals surface area (Å²) in [7, 11) is 0. The second-order valence-electron chi connectivity index (χ2n) is 5.91. The SMILES string of the molecule is Cc1cc(C(=O)O)cc(C(=O)NCc2ccc3c(c2)OCCCO3)c1. The van der Waals surface area contributed by atoms with Gasteiger partial charge in [-0.2, -0.15) is 0 Å². The summed E-state index contributed by atoms with van der Waals surface area (Å²) in [4.78, 5) is 23.4. The van der Waals surface area contributed by atoms with Gasteiger partial charge in [0.1, 0.15) is 0 Å². The van der Waals surface area contributed by atoms with Gasteiger partial charge in [-0.15, -0.1) is 0 Å². The molecule has 0 aliphatic carbocycles. The van der Waals surface area contributed by atoms with Crippen LogP contribution in [0.5, 0.6) is 11.5 Å². The molecule has 25 heavy (non-hydrogen) atoms. The summed E-state index contributed by atoms with van der Waals surface area (Å²) in [5.41, 5.74) is 2.02. The predicted octanol–water partition coefficient (Wildman–Crippen LogP) is 2.78. The lowest BCUT2D eigenvalue weighted by Gasteiger charge is -2.11. The van der Waals surface area contributed by atoms with Crippen molar-refractivity contribution in [2.24, 2.45) is 0 Å². The Kier molecular flexibility index (Phi) is 4.88. The number of carboxylic acid groups (broad SMARTS) is 1. The van der Waals surface area contributed by atoms with Gasteiger partial charge >= 0.3 is 5.97 Å². The zero-order valence-electron chi connectivity index (χ0n) is 13.9. The summed E-state index contributed by atoms with van der Waals surface area (Å²) in [6.07, 6.45) is 0.833. The normalized spacial score (nSPS) is 13.0. The van der Waals surface area contributed by atoms with Crippen LogP contribution in [0.3, 0.4) is 0 Å². The molecule has 1 aliphatic rings. The van der Waals surface area contributed by atoms with E-state index in [9.17, 15) is 9.59 Å². The zero-order chi connectivity index (χ0) is 17.8. The molecule has 3 rings (SSSR count). The van der Waals surface area contributed by atoms with Crippen molar-refractivity contribution in [3.8, 4) is 11.5 Å². The van der Waals surface area contributed by atoms with Gasteiger partial charge in [0.25, 0.3) is 5.91 Å². The number of rotatable bonds is 4. The van der Waals surface area contributed by atoms with E-state index in [0.29, 0.717) is 36.8 Å². The van der Waals surface area contributed by atoms with Crippen LogP contribution in [-0.4, -0.2) is 30.2 Å². The first kappa shape index (κ1) is 16.8. The molecule has 1 amide bonds. The fraction of sp³-hybridized carbons (Fsp3) is 0.263. The Morgan fingerprint density at radius 3 is 2.52 bits per heavy atom. The summed E-state index contributed by atoms with van der Waals surface area (Å²) in [6.45, 7) is 3.30. The van der Waals surface area contributed by atoms with Gasteiger partial charge in [0.2, 0.25) is 0 Å². The Labute approximate surface area is 145 Å². The van der Waals surface area contributed by atoms with E-state index >= 15 is 0 Å². The van der Waals surface area contributed by atoms with Gasteiger partial charge in [-0.1, -0.05) is 6.07 Å². The number of aryl methyl sites for hydroxylation is 1. The maximum atomic E-state index is 12.3. The van der Waals surface area contributed by atoms with Gasteiger partial charge in [-0.05, 0) is 48.4 Å². The lowest BCUT2D eigenvalue weighted by atomic mass is 10.1. The first-order valence-corrected chi connectivity index (χ1v) is 8.04. The van der Waals surface area contributed by atoms with Gasteiger partial charge in [0, 0.05) is 18.5 Å². The van der Waals surface area contributed by atoms with Crippen molar-refractivity contribution >= 4 is 11.9 Å². The van der Waals surface area contributed by atoms with Crippen molar-refractivity contribution in [1.82, 2.24) is 5.32 Å². The molecule has 0 spiro atoms. The number of carbonyl (C=O) groups is 2. The number of carbonyl (C=O) groups excluding carboxylic acids is 1. The Hall–Kier alpha value is -3.02. The van der Waals surface area contributed by atoms with Gasteiger partial charge in [0.15, 0.2) is 11.5 Å². The lowest BCUT2D eigenvalue weighted by molar-refractivity contribution is 0.0696. The van der Waals surface area contributed by atoms with Crippen LogP contribution in [-0.2, 0) is 6.54 Å². The molecule has 0 fully saturated rings. The number of amides is 1. The molecule has 0 atom stereocenters. The first-order valence-electron chi connectivity index (χ1n) is 8.04. The highest BCUT2D eigenvalue weighted by Crippen LogP contribution is 2.30. The quantitative estimate of drug-likeness (QED) is 0.893. The Morgan fingerprint density at radius 1 is 1.04 bits per heavy atom. The molecule has 1 aliphatic heterocycles. The van der Waals surface area contributed by atoms with Crippen LogP contribution >= 0.6 is 0 Å². The van der Waals surface area contributed by atoms with Crippen molar-refractivity contribution in [3.05, 3.63) is 58.7 Å². The van der Waals surface area contributed by atoms with Crippen LogP contribution in [0, 0.1) is 6.92 Å². The third kappa shape index (κ3) is 4.09. The maximum Gasteiger partial charge on any atom is 0.335 e. The van der Waals surface area contributed by atoms with E-state index in [-0.39, 0.29) is 11.5 Å². The minimum absolute atomic E-state index is 0.0979. The molecule has 0 saturated heterocycles. The summed E-state index contributed by atoms with van der Waals surface area (Å²) in [5, 5.41) is 11.9. The average molecular weight is 341 g/mol. The molecule has 1 heterocycles. The zero-order valence-corrected chi connectivity index (χ0v) is 13.9. The van der Waals surface area contributed by atoms with Gasteiger partial charge in [-0.3, -0.25) is 4.79 Å². The fourth-order valence-electron chi connectivity index (χ4n) is 2.64. The number of aromatic carboxylic acids is 1. The van der Waals surface area contributed by atoms with Crippen LogP contribution in [0.1, 0.15) is 38.3 Å². The Balaban J connectivity index is 1.70. The third-order valence-corrected chi connectivity index (χ3v) is 3.85. The van der Waals surface area contributed by atoms with Crippen molar-refractivity contribution in [2.75, 3.05) is 13.2 Å². The minimum Gasteiger partial charge on any atom is -0.490 e. The summed E-state index contributed by atoms with van der Waals surface area (Å²) in [5.74, 6) is 0.00397. The van der Waals surface area contributed by atoms with Gasteiger partial charge in [0.05, 0.1) is 18.8 Å². The number of hydrogen-bond donors (Lipinski definition) is 2. The maximum absolute atomic E-state index is 12.3. The highest BCUT2D eigenvalue weighted by molar-refractivity contribution is 5.97. The molecular formula is C19H19NO5.